The Morgan fingerprint density at radius 1 is 0.415 bits per heavy atom. The second kappa shape index (κ2) is 14.8. The van der Waals surface area contributed by atoms with Gasteiger partial charge in [-0.05, 0) is 139 Å². The smallest absolute Gasteiger partial charge is 0.333 e. The van der Waals surface area contributed by atoms with Gasteiger partial charge >= 0.3 is 6.85 Å². The fourth-order valence-electron chi connectivity index (χ4n) is 10.4. The predicted octanol–water partition coefficient (Wildman–Crippen LogP) is 16.3. The van der Waals surface area contributed by atoms with Gasteiger partial charge < -0.3 is 9.71 Å². The summed E-state index contributed by atoms with van der Waals surface area (Å²) >= 11 is 1.90. The van der Waals surface area contributed by atoms with Crippen molar-refractivity contribution in [3.05, 3.63) is 186 Å². The largest absolute Gasteiger partial charge is 0.376 e. The van der Waals surface area contributed by atoms with Gasteiger partial charge in [-0.15, -0.1) is 11.3 Å². The third-order valence-electron chi connectivity index (χ3n) is 14.1. The van der Waals surface area contributed by atoms with Crippen molar-refractivity contribution in [3.63, 3.8) is 0 Å². The quantitative estimate of drug-likeness (QED) is 0.163. The fraction of sp³-hybridized carbons (Fsp3) is 0.213. The first kappa shape index (κ1) is 41.4. The minimum Gasteiger partial charge on any atom is -0.376 e. The number of hydrogen-bond acceptors (Lipinski definition) is 3. The predicted molar refractivity (Wildman–Crippen MR) is 285 cm³/mol. The van der Waals surface area contributed by atoms with Crippen LogP contribution in [0.15, 0.2) is 164 Å². The van der Waals surface area contributed by atoms with Crippen molar-refractivity contribution in [2.45, 2.75) is 85.5 Å². The molecule has 0 radical (unpaired) electrons. The average molecular weight is 861 g/mol. The van der Waals surface area contributed by atoms with Crippen molar-refractivity contribution in [3.8, 4) is 33.4 Å². The molecular weight excluding hydrogens is 804 g/mol. The van der Waals surface area contributed by atoms with E-state index in [1.54, 1.807) is 0 Å². The molecule has 3 heterocycles. The number of hydrogen-bond donors (Lipinski definition) is 0. The van der Waals surface area contributed by atoms with E-state index < -0.39 is 0 Å². The average Bonchev–Trinajstić information content (AvgIpc) is 3.65. The summed E-state index contributed by atoms with van der Waals surface area (Å²) in [4.78, 5) is 5.31. The maximum absolute atomic E-state index is 2.67. The lowest BCUT2D eigenvalue weighted by Crippen LogP contribution is -2.61. The molecule has 0 atom stereocenters. The third-order valence-corrected chi connectivity index (χ3v) is 15.2. The summed E-state index contributed by atoms with van der Waals surface area (Å²) in [6.45, 7) is 23.0. The normalized spacial score (nSPS) is 13.6. The van der Waals surface area contributed by atoms with Gasteiger partial charge in [-0.3, -0.25) is 0 Å². The van der Waals surface area contributed by atoms with Crippen molar-refractivity contribution >= 4 is 77.7 Å². The van der Waals surface area contributed by atoms with Crippen LogP contribution in [-0.2, 0) is 16.2 Å². The molecule has 320 valence electrons. The highest BCUT2D eigenvalue weighted by Crippen LogP contribution is 2.52. The van der Waals surface area contributed by atoms with E-state index >= 15 is 0 Å². The Hall–Kier alpha value is -6.36. The van der Waals surface area contributed by atoms with Gasteiger partial charge in [0.05, 0.1) is 5.69 Å². The molecule has 2 aliphatic rings. The number of anilines is 5. The standard InChI is InChI=1S/C61H57BN2S/c1-38-18-14-15-21-45(38)40-32-50-48-35-43(61(8,9)10)27-31-53(48)64(44-28-24-41(25-29-44)59(2,3)4)62-51-36-49-46-22-16-17-23-56(46)65-57(49)37-54(51)63(55(33-40)58(50)62)52-30-26-42(60(5,6)7)34-47(52)39-19-12-11-13-20-39/h11-37H,1-10H3. The number of rotatable bonds is 4. The molecule has 11 rings (SSSR count). The first-order valence-corrected chi connectivity index (χ1v) is 24.1. The molecule has 4 heteroatoms. The molecule has 0 saturated carbocycles. The lowest BCUT2D eigenvalue weighted by Gasteiger charge is -2.46. The van der Waals surface area contributed by atoms with E-state index in [1.807, 2.05) is 11.3 Å². The summed E-state index contributed by atoms with van der Waals surface area (Å²) in [7, 11) is 0. The number of nitrogens with zero attached hydrogens (tertiary/aromatic N) is 2. The highest BCUT2D eigenvalue weighted by atomic mass is 32.1. The van der Waals surface area contributed by atoms with Gasteiger partial charge in [-0.1, -0.05) is 165 Å². The first-order chi connectivity index (χ1) is 31.0. The molecule has 0 N–H and O–H groups in total. The Morgan fingerprint density at radius 2 is 1.03 bits per heavy atom. The molecular formula is C61H57BN2S. The van der Waals surface area contributed by atoms with Crippen molar-refractivity contribution in [2.75, 3.05) is 9.71 Å². The molecule has 0 unspecified atom stereocenters. The molecule has 0 amide bonds. The van der Waals surface area contributed by atoms with E-state index in [0.717, 1.165) is 0 Å². The molecule has 0 fully saturated rings. The summed E-state index contributed by atoms with van der Waals surface area (Å²) in [5.74, 6) is 0. The van der Waals surface area contributed by atoms with Crippen LogP contribution in [0.4, 0.5) is 28.4 Å². The summed E-state index contributed by atoms with van der Waals surface area (Å²) < 4.78 is 2.61. The van der Waals surface area contributed by atoms with E-state index in [4.69, 9.17) is 0 Å². The Balaban J connectivity index is 1.31. The third kappa shape index (κ3) is 6.83. The lowest BCUT2D eigenvalue weighted by molar-refractivity contribution is 0.590. The maximum Gasteiger partial charge on any atom is 0.333 e. The monoisotopic (exact) mass is 860 g/mol. The molecule has 0 aliphatic carbocycles. The van der Waals surface area contributed by atoms with Crippen LogP contribution in [0.25, 0.3) is 53.6 Å². The van der Waals surface area contributed by atoms with Crippen molar-refractivity contribution in [1.29, 1.82) is 0 Å². The minimum absolute atomic E-state index is 0.0301. The zero-order valence-corrected chi connectivity index (χ0v) is 40.3. The van der Waals surface area contributed by atoms with Crippen LogP contribution >= 0.6 is 11.3 Å². The van der Waals surface area contributed by atoms with Gasteiger partial charge in [0.2, 0.25) is 0 Å². The molecule has 0 bridgehead atoms. The van der Waals surface area contributed by atoms with Crippen LogP contribution in [0.1, 0.15) is 84.6 Å². The topological polar surface area (TPSA) is 6.48 Å². The number of benzene rings is 8. The SMILES string of the molecule is Cc1ccccc1-c1cc2c3c(c1)N(c1ccc(C(C)(C)C)cc1-c1ccccc1)c1cc4sc5ccccc5c4cc1B3N(c1ccc(C(C)(C)C)cc1)c1ccc(C(C)(C)C)cc1-2. The van der Waals surface area contributed by atoms with Crippen molar-refractivity contribution in [1.82, 2.24) is 0 Å². The van der Waals surface area contributed by atoms with E-state index in [2.05, 4.69) is 243 Å². The Bertz CT molecular complexity index is 3340. The van der Waals surface area contributed by atoms with Crippen molar-refractivity contribution < 1.29 is 0 Å². The van der Waals surface area contributed by atoms with Crippen LogP contribution in [0.5, 0.6) is 0 Å². The highest BCUT2D eigenvalue weighted by Gasteiger charge is 2.46. The van der Waals surface area contributed by atoms with Crippen LogP contribution in [0, 0.1) is 6.92 Å². The first-order valence-electron chi connectivity index (χ1n) is 23.3. The van der Waals surface area contributed by atoms with E-state index in [1.165, 1.54) is 115 Å². The molecule has 2 aliphatic heterocycles. The number of fused-ring (bicyclic) bond motifs is 7. The van der Waals surface area contributed by atoms with E-state index in [-0.39, 0.29) is 23.1 Å². The minimum atomic E-state index is -0.109. The van der Waals surface area contributed by atoms with Gasteiger partial charge in [-0.25, -0.2) is 0 Å². The molecule has 0 saturated heterocycles. The number of thiophene rings is 1. The van der Waals surface area contributed by atoms with E-state index in [0.29, 0.717) is 0 Å². The molecule has 65 heavy (non-hydrogen) atoms. The Morgan fingerprint density at radius 3 is 1.72 bits per heavy atom. The Kier molecular flexibility index (Phi) is 9.44. The van der Waals surface area contributed by atoms with Crippen LogP contribution in [0.2, 0.25) is 0 Å². The second-order valence-electron chi connectivity index (χ2n) is 21.5. The van der Waals surface area contributed by atoms with Crippen LogP contribution < -0.4 is 20.6 Å². The summed E-state index contributed by atoms with van der Waals surface area (Å²) in [6, 6.07) is 63.0. The molecule has 9 aromatic rings. The van der Waals surface area contributed by atoms with Crippen molar-refractivity contribution in [2.24, 2.45) is 0 Å². The maximum atomic E-state index is 2.67. The second-order valence-corrected chi connectivity index (χ2v) is 22.6. The van der Waals surface area contributed by atoms with Gasteiger partial charge in [0.15, 0.2) is 0 Å². The van der Waals surface area contributed by atoms with Gasteiger partial charge in [-0.2, -0.15) is 0 Å². The van der Waals surface area contributed by atoms with Crippen LogP contribution in [0.3, 0.4) is 0 Å². The lowest BCUT2D eigenvalue weighted by atomic mass is 9.43. The van der Waals surface area contributed by atoms with E-state index in [9.17, 15) is 0 Å². The zero-order chi connectivity index (χ0) is 45.2. The van der Waals surface area contributed by atoms with Gasteiger partial charge in [0.1, 0.15) is 0 Å². The van der Waals surface area contributed by atoms with Gasteiger partial charge in [0, 0.05) is 54.0 Å². The highest BCUT2D eigenvalue weighted by molar-refractivity contribution is 7.26. The molecule has 8 aromatic carbocycles. The molecule has 2 nitrogen and oxygen atoms in total. The summed E-state index contributed by atoms with van der Waals surface area (Å²) in [6.07, 6.45) is 0. The Labute approximate surface area is 390 Å². The molecule has 1 aromatic heterocycles. The van der Waals surface area contributed by atoms with Crippen LogP contribution in [-0.4, -0.2) is 6.85 Å². The van der Waals surface area contributed by atoms with Gasteiger partial charge in [0.25, 0.3) is 0 Å². The summed E-state index contributed by atoms with van der Waals surface area (Å²) in [5.41, 5.74) is 21.4. The zero-order valence-electron chi connectivity index (χ0n) is 39.5. The summed E-state index contributed by atoms with van der Waals surface area (Å²) in [5, 5.41) is 2.63. The molecule has 0 spiro atoms. The number of aryl methyl sites for hydroxylation is 1. The fourth-order valence-corrected chi connectivity index (χ4v) is 11.5.